The van der Waals surface area contributed by atoms with Crippen molar-refractivity contribution in [2.75, 3.05) is 5.32 Å². The quantitative estimate of drug-likeness (QED) is 0.676. The van der Waals surface area contributed by atoms with Crippen LogP contribution in [0, 0.1) is 6.92 Å². The molecule has 1 aliphatic carbocycles. The van der Waals surface area contributed by atoms with Crippen LogP contribution >= 0.6 is 0 Å². The number of nitrogens with two attached hydrogens (primary N) is 1. The molecule has 0 spiro atoms. The lowest BCUT2D eigenvalue weighted by atomic mass is 9.85. The number of aromatic nitrogens is 3. The van der Waals surface area contributed by atoms with E-state index < -0.39 is 0 Å². The first-order valence-corrected chi connectivity index (χ1v) is 8.12. The number of H-pyrrole nitrogens is 1. The molecule has 2 aromatic heterocycles. The molecule has 6 nitrogen and oxygen atoms in total. The smallest absolute Gasteiger partial charge is 0.255 e. The Hall–Kier alpha value is -2.73. The number of aryl methyl sites for hydroxylation is 2. The highest BCUT2D eigenvalue weighted by Crippen LogP contribution is 2.30. The molecule has 1 amide bonds. The van der Waals surface area contributed by atoms with Crippen molar-refractivity contribution >= 4 is 22.6 Å². The van der Waals surface area contributed by atoms with E-state index in [0.717, 1.165) is 30.2 Å². The number of nitrogens with zero attached hydrogens (tertiary/aromatic N) is 2. The van der Waals surface area contributed by atoms with Crippen LogP contribution in [-0.2, 0) is 6.42 Å². The normalized spacial score (nSPS) is 16.8. The zero-order valence-corrected chi connectivity index (χ0v) is 13.5. The summed E-state index contributed by atoms with van der Waals surface area (Å²) in [6, 6.07) is 5.91. The fourth-order valence-electron chi connectivity index (χ4n) is 3.40. The fraction of sp³-hybridized carbons (Fsp3) is 0.278. The topological polar surface area (TPSA) is 96.7 Å². The van der Waals surface area contributed by atoms with Crippen molar-refractivity contribution in [3.63, 3.8) is 0 Å². The van der Waals surface area contributed by atoms with Crippen molar-refractivity contribution < 1.29 is 4.79 Å². The summed E-state index contributed by atoms with van der Waals surface area (Å²) in [6.07, 6.45) is 6.36. The van der Waals surface area contributed by atoms with Crippen LogP contribution in [0.4, 0.5) is 5.69 Å². The van der Waals surface area contributed by atoms with E-state index in [9.17, 15) is 4.79 Å². The Morgan fingerprint density at radius 1 is 1.42 bits per heavy atom. The molecule has 24 heavy (non-hydrogen) atoms. The zero-order valence-electron chi connectivity index (χ0n) is 13.5. The highest BCUT2D eigenvalue weighted by Gasteiger charge is 2.20. The predicted molar refractivity (Wildman–Crippen MR) is 92.9 cm³/mol. The van der Waals surface area contributed by atoms with Gasteiger partial charge in [0.05, 0.1) is 17.3 Å². The van der Waals surface area contributed by atoms with Crippen molar-refractivity contribution in [3.05, 3.63) is 52.8 Å². The number of carbonyl (C=O) groups excluding carboxylic acids is 1. The van der Waals surface area contributed by atoms with Crippen LogP contribution in [0.3, 0.4) is 0 Å². The molecule has 0 fully saturated rings. The molecule has 0 aliphatic heterocycles. The first-order valence-electron chi connectivity index (χ1n) is 8.12. The van der Waals surface area contributed by atoms with E-state index in [0.29, 0.717) is 16.9 Å². The zero-order chi connectivity index (χ0) is 16.7. The van der Waals surface area contributed by atoms with E-state index in [1.165, 1.54) is 11.1 Å². The third-order valence-corrected chi connectivity index (χ3v) is 4.69. The van der Waals surface area contributed by atoms with Crippen LogP contribution < -0.4 is 11.1 Å². The molecule has 0 saturated carbocycles. The van der Waals surface area contributed by atoms with Gasteiger partial charge in [-0.15, -0.1) is 0 Å². The second kappa shape index (κ2) is 5.72. The molecule has 122 valence electrons. The number of amides is 1. The molecule has 0 unspecified atom stereocenters. The number of nitrogens with one attached hydrogen (secondary N) is 2. The molecule has 1 aliphatic rings. The van der Waals surface area contributed by atoms with Crippen LogP contribution in [0.5, 0.6) is 0 Å². The Labute approximate surface area is 139 Å². The first kappa shape index (κ1) is 14.8. The summed E-state index contributed by atoms with van der Waals surface area (Å²) < 4.78 is 0. The molecule has 4 N–H and O–H groups in total. The van der Waals surface area contributed by atoms with Crippen molar-refractivity contribution in [2.45, 2.75) is 32.2 Å². The van der Waals surface area contributed by atoms with Gasteiger partial charge < -0.3 is 11.1 Å². The lowest BCUT2D eigenvalue weighted by molar-refractivity contribution is 0.102. The number of aromatic amines is 1. The molecule has 0 saturated heterocycles. The maximum absolute atomic E-state index is 12.8. The van der Waals surface area contributed by atoms with Gasteiger partial charge in [0.15, 0.2) is 5.65 Å². The van der Waals surface area contributed by atoms with Gasteiger partial charge >= 0.3 is 0 Å². The average molecular weight is 321 g/mol. The van der Waals surface area contributed by atoms with Crippen molar-refractivity contribution in [1.29, 1.82) is 0 Å². The van der Waals surface area contributed by atoms with Crippen LogP contribution in [0.15, 0.2) is 30.6 Å². The summed E-state index contributed by atoms with van der Waals surface area (Å²) in [4.78, 5) is 17.0. The predicted octanol–water partition coefficient (Wildman–Crippen LogP) is 2.85. The molecule has 1 aromatic carbocycles. The fourth-order valence-corrected chi connectivity index (χ4v) is 3.40. The number of benzene rings is 1. The van der Waals surface area contributed by atoms with Crippen molar-refractivity contribution in [2.24, 2.45) is 5.73 Å². The van der Waals surface area contributed by atoms with Gasteiger partial charge in [-0.1, -0.05) is 6.07 Å². The van der Waals surface area contributed by atoms with E-state index in [2.05, 4.69) is 26.6 Å². The number of pyridine rings is 1. The van der Waals surface area contributed by atoms with Gasteiger partial charge in [0.25, 0.3) is 5.91 Å². The molecular weight excluding hydrogens is 302 g/mol. The van der Waals surface area contributed by atoms with Gasteiger partial charge in [-0.2, -0.15) is 5.10 Å². The number of fused-ring (bicyclic) bond motifs is 2. The summed E-state index contributed by atoms with van der Waals surface area (Å²) in [5.41, 5.74) is 11.6. The third-order valence-electron chi connectivity index (χ3n) is 4.69. The monoisotopic (exact) mass is 321 g/mol. The maximum Gasteiger partial charge on any atom is 0.255 e. The Morgan fingerprint density at radius 2 is 2.29 bits per heavy atom. The molecule has 0 radical (unpaired) electrons. The van der Waals surface area contributed by atoms with Gasteiger partial charge in [-0.05, 0) is 55.0 Å². The number of hydrogen-bond donors (Lipinski definition) is 3. The molecule has 6 heteroatoms. The summed E-state index contributed by atoms with van der Waals surface area (Å²) in [5, 5.41) is 10.5. The molecular formula is C18H19N5O. The Kier molecular flexibility index (Phi) is 3.54. The van der Waals surface area contributed by atoms with E-state index in [4.69, 9.17) is 5.73 Å². The summed E-state index contributed by atoms with van der Waals surface area (Å²) >= 11 is 0. The number of anilines is 1. The number of hydrogen-bond acceptors (Lipinski definition) is 4. The number of rotatable bonds is 2. The molecule has 0 bridgehead atoms. The third kappa shape index (κ3) is 2.45. The van der Waals surface area contributed by atoms with Gasteiger partial charge in [0.2, 0.25) is 0 Å². The molecule has 3 aromatic rings. The summed E-state index contributed by atoms with van der Waals surface area (Å²) in [7, 11) is 0. The highest BCUT2D eigenvalue weighted by molar-refractivity contribution is 6.09. The van der Waals surface area contributed by atoms with E-state index in [1.54, 1.807) is 18.5 Å². The van der Waals surface area contributed by atoms with Crippen LogP contribution in [0.2, 0.25) is 0 Å². The SMILES string of the molecule is Cc1cc2c(cc1C(=O)Nc1ccnc3[nH]ncc13)CCC[C@H]2N. The van der Waals surface area contributed by atoms with Crippen molar-refractivity contribution in [1.82, 2.24) is 15.2 Å². The van der Waals surface area contributed by atoms with Crippen molar-refractivity contribution in [3.8, 4) is 0 Å². The minimum Gasteiger partial charge on any atom is -0.324 e. The summed E-state index contributed by atoms with van der Waals surface area (Å²) in [6.45, 7) is 1.95. The average Bonchev–Trinajstić information content (AvgIpc) is 3.05. The minimum absolute atomic E-state index is 0.0790. The second-order valence-corrected chi connectivity index (χ2v) is 6.31. The first-order chi connectivity index (χ1) is 11.6. The van der Waals surface area contributed by atoms with E-state index >= 15 is 0 Å². The van der Waals surface area contributed by atoms with Gasteiger partial charge in [0, 0.05) is 17.8 Å². The van der Waals surface area contributed by atoms with Crippen LogP contribution in [0.1, 0.15) is 45.9 Å². The van der Waals surface area contributed by atoms with Crippen LogP contribution in [-0.4, -0.2) is 21.1 Å². The maximum atomic E-state index is 12.8. The largest absolute Gasteiger partial charge is 0.324 e. The van der Waals surface area contributed by atoms with Gasteiger partial charge in [-0.25, -0.2) is 4.98 Å². The Morgan fingerprint density at radius 3 is 3.17 bits per heavy atom. The second-order valence-electron chi connectivity index (χ2n) is 6.31. The lowest BCUT2D eigenvalue weighted by Gasteiger charge is -2.24. The van der Waals surface area contributed by atoms with Gasteiger partial charge in [0.1, 0.15) is 0 Å². The van der Waals surface area contributed by atoms with Crippen LogP contribution in [0.25, 0.3) is 11.0 Å². The van der Waals surface area contributed by atoms with Gasteiger partial charge in [-0.3, -0.25) is 9.89 Å². The lowest BCUT2D eigenvalue weighted by Crippen LogP contribution is -2.20. The van der Waals surface area contributed by atoms with E-state index in [1.807, 2.05) is 13.0 Å². The molecule has 2 heterocycles. The molecule has 4 rings (SSSR count). The minimum atomic E-state index is -0.122. The number of carbonyl (C=O) groups is 1. The Balaban J connectivity index is 1.69. The standard InChI is InChI=1S/C18H19N5O/c1-10-7-13-11(3-2-4-15(13)19)8-12(10)18(24)22-16-5-6-20-17-14(16)9-21-23-17/h5-9,15H,2-4,19H2,1H3,(H2,20,21,22,23,24)/t15-/m1/s1. The summed E-state index contributed by atoms with van der Waals surface area (Å²) in [5.74, 6) is -0.122. The highest BCUT2D eigenvalue weighted by atomic mass is 16.1. The Bertz CT molecular complexity index is 930. The van der Waals surface area contributed by atoms with E-state index in [-0.39, 0.29) is 11.9 Å². The molecule has 1 atom stereocenters.